The highest BCUT2D eigenvalue weighted by Crippen LogP contribution is 2.26. The topological polar surface area (TPSA) is 29.5 Å². The highest BCUT2D eigenvalue weighted by Gasteiger charge is 2.08. The summed E-state index contributed by atoms with van der Waals surface area (Å²) in [7, 11) is 0. The molecule has 0 aliphatic rings. The van der Waals surface area contributed by atoms with Gasteiger partial charge in [-0.2, -0.15) is 0 Å². The van der Waals surface area contributed by atoms with Gasteiger partial charge < -0.3 is 9.84 Å². The van der Waals surface area contributed by atoms with Gasteiger partial charge in [-0.05, 0) is 84.3 Å². The zero-order chi connectivity index (χ0) is 21.5. The highest BCUT2D eigenvalue weighted by atomic mass is 19.1. The van der Waals surface area contributed by atoms with E-state index in [1.165, 1.54) is 23.3 Å². The molecule has 0 heterocycles. The highest BCUT2D eigenvalue weighted by molar-refractivity contribution is 5.81. The first-order chi connectivity index (χ1) is 14.4. The second kappa shape index (κ2) is 10.2. The van der Waals surface area contributed by atoms with Crippen molar-refractivity contribution in [1.29, 1.82) is 0 Å². The molecule has 0 aromatic heterocycles. The SMILES string of the molecule is Cc1ccc(/C=C(\CCCOc2ccc(CO)cc2)c2cc(F)cc(F)c2)cc1C. The van der Waals surface area contributed by atoms with E-state index in [1.807, 2.05) is 49.4 Å². The Balaban J connectivity index is 1.75. The van der Waals surface area contributed by atoms with Crippen molar-refractivity contribution < 1.29 is 18.6 Å². The van der Waals surface area contributed by atoms with Crippen LogP contribution in [-0.4, -0.2) is 11.7 Å². The van der Waals surface area contributed by atoms with Crippen LogP contribution in [0, 0.1) is 25.5 Å². The molecule has 0 aliphatic carbocycles. The lowest BCUT2D eigenvalue weighted by Crippen LogP contribution is -1.99. The lowest BCUT2D eigenvalue weighted by atomic mass is 9.97. The van der Waals surface area contributed by atoms with Gasteiger partial charge in [0.15, 0.2) is 0 Å². The Morgan fingerprint density at radius 2 is 1.60 bits per heavy atom. The van der Waals surface area contributed by atoms with Gasteiger partial charge in [0.25, 0.3) is 0 Å². The van der Waals surface area contributed by atoms with Crippen molar-refractivity contribution in [2.24, 2.45) is 0 Å². The fourth-order valence-electron chi connectivity index (χ4n) is 3.24. The molecule has 0 amide bonds. The van der Waals surface area contributed by atoms with Gasteiger partial charge in [0, 0.05) is 6.07 Å². The zero-order valence-electron chi connectivity index (χ0n) is 17.3. The summed E-state index contributed by atoms with van der Waals surface area (Å²) in [5.74, 6) is -0.448. The minimum Gasteiger partial charge on any atom is -0.494 e. The van der Waals surface area contributed by atoms with Gasteiger partial charge >= 0.3 is 0 Å². The van der Waals surface area contributed by atoms with E-state index in [1.54, 1.807) is 0 Å². The van der Waals surface area contributed by atoms with E-state index in [0.29, 0.717) is 25.0 Å². The Bertz CT molecular complexity index is 1000. The molecule has 3 rings (SSSR count). The van der Waals surface area contributed by atoms with Crippen LogP contribution in [-0.2, 0) is 6.61 Å². The first-order valence-electron chi connectivity index (χ1n) is 10.0. The van der Waals surface area contributed by atoms with E-state index in [-0.39, 0.29) is 6.61 Å². The Hall–Kier alpha value is -2.98. The number of allylic oxidation sites excluding steroid dienone is 1. The summed E-state index contributed by atoms with van der Waals surface area (Å²) < 4.78 is 33.4. The second-order valence-corrected chi connectivity index (χ2v) is 7.43. The summed E-state index contributed by atoms with van der Waals surface area (Å²) in [4.78, 5) is 0. The predicted molar refractivity (Wildman–Crippen MR) is 117 cm³/mol. The number of aryl methyl sites for hydroxylation is 2. The van der Waals surface area contributed by atoms with E-state index in [9.17, 15) is 8.78 Å². The van der Waals surface area contributed by atoms with Crippen LogP contribution in [0.5, 0.6) is 5.75 Å². The van der Waals surface area contributed by atoms with Gasteiger partial charge in [-0.15, -0.1) is 0 Å². The molecular formula is C26H26F2O2. The van der Waals surface area contributed by atoms with Crippen molar-refractivity contribution in [3.8, 4) is 5.75 Å². The summed E-state index contributed by atoms with van der Waals surface area (Å²) in [6.07, 6.45) is 3.29. The van der Waals surface area contributed by atoms with Crippen molar-refractivity contribution in [3.05, 3.63) is 100 Å². The van der Waals surface area contributed by atoms with E-state index in [2.05, 4.69) is 13.0 Å². The second-order valence-electron chi connectivity index (χ2n) is 7.43. The van der Waals surface area contributed by atoms with Crippen molar-refractivity contribution >= 4 is 11.6 Å². The molecule has 0 fully saturated rings. The maximum absolute atomic E-state index is 13.8. The molecule has 0 saturated carbocycles. The quantitative estimate of drug-likeness (QED) is 0.342. The third-order valence-electron chi connectivity index (χ3n) is 5.07. The molecule has 3 aromatic rings. The largest absolute Gasteiger partial charge is 0.494 e. The van der Waals surface area contributed by atoms with Crippen LogP contribution in [0.15, 0.2) is 60.7 Å². The van der Waals surface area contributed by atoms with Crippen molar-refractivity contribution in [2.45, 2.75) is 33.3 Å². The van der Waals surface area contributed by atoms with E-state index >= 15 is 0 Å². The number of hydrogen-bond acceptors (Lipinski definition) is 2. The number of aliphatic hydroxyl groups is 1. The first-order valence-corrected chi connectivity index (χ1v) is 10.0. The molecule has 0 saturated heterocycles. The number of rotatable bonds is 8. The minimum absolute atomic E-state index is 0.00286. The standard InChI is InChI=1S/C26H26F2O2/c1-18-5-6-21(12-19(18)2)13-22(23-14-24(27)16-25(28)15-23)4-3-11-30-26-9-7-20(17-29)8-10-26/h5-10,12-16,29H,3-4,11,17H2,1-2H3/b22-13+. The van der Waals surface area contributed by atoms with E-state index in [4.69, 9.17) is 9.84 Å². The fourth-order valence-corrected chi connectivity index (χ4v) is 3.24. The zero-order valence-corrected chi connectivity index (χ0v) is 17.3. The fraction of sp³-hybridized carbons (Fsp3) is 0.231. The van der Waals surface area contributed by atoms with Gasteiger partial charge in [0.05, 0.1) is 13.2 Å². The molecule has 1 N–H and O–H groups in total. The predicted octanol–water partition coefficient (Wildman–Crippen LogP) is 6.47. The molecule has 0 aliphatic heterocycles. The number of hydrogen-bond donors (Lipinski definition) is 1. The minimum atomic E-state index is -0.587. The lowest BCUT2D eigenvalue weighted by Gasteiger charge is -2.11. The molecule has 0 bridgehead atoms. The van der Waals surface area contributed by atoms with Crippen LogP contribution in [0.25, 0.3) is 11.6 Å². The van der Waals surface area contributed by atoms with Crippen LogP contribution >= 0.6 is 0 Å². The molecule has 0 radical (unpaired) electrons. The average molecular weight is 408 g/mol. The van der Waals surface area contributed by atoms with Crippen LogP contribution in [0.4, 0.5) is 8.78 Å². The van der Waals surface area contributed by atoms with Gasteiger partial charge in [0.1, 0.15) is 17.4 Å². The summed E-state index contributed by atoms with van der Waals surface area (Å²) >= 11 is 0. The molecule has 2 nitrogen and oxygen atoms in total. The molecule has 0 atom stereocenters. The van der Waals surface area contributed by atoms with E-state index in [0.717, 1.165) is 28.5 Å². The monoisotopic (exact) mass is 408 g/mol. The van der Waals surface area contributed by atoms with Crippen LogP contribution in [0.2, 0.25) is 0 Å². The van der Waals surface area contributed by atoms with Gasteiger partial charge in [-0.3, -0.25) is 0 Å². The Morgan fingerprint density at radius 3 is 2.23 bits per heavy atom. The summed E-state index contributed by atoms with van der Waals surface area (Å²) in [5, 5.41) is 9.10. The van der Waals surface area contributed by atoms with Gasteiger partial charge in [-0.1, -0.05) is 36.4 Å². The molecule has 0 spiro atoms. The summed E-state index contributed by atoms with van der Waals surface area (Å²) in [6, 6.07) is 17.0. The number of benzene rings is 3. The Kier molecular flexibility index (Phi) is 7.36. The molecule has 0 unspecified atom stereocenters. The maximum atomic E-state index is 13.8. The molecular weight excluding hydrogens is 382 g/mol. The average Bonchev–Trinajstić information content (AvgIpc) is 2.72. The third-order valence-corrected chi connectivity index (χ3v) is 5.07. The summed E-state index contributed by atoms with van der Waals surface area (Å²) in [5.41, 5.74) is 5.59. The van der Waals surface area contributed by atoms with Crippen LogP contribution < -0.4 is 4.74 Å². The Labute approximate surface area is 176 Å². The molecule has 156 valence electrons. The number of ether oxygens (including phenoxy) is 1. The Morgan fingerprint density at radius 1 is 0.900 bits per heavy atom. The van der Waals surface area contributed by atoms with Crippen LogP contribution in [0.3, 0.4) is 0 Å². The maximum Gasteiger partial charge on any atom is 0.126 e. The molecule has 4 heteroatoms. The molecule has 30 heavy (non-hydrogen) atoms. The summed E-state index contributed by atoms with van der Waals surface area (Å²) in [6.45, 7) is 4.57. The number of halogens is 2. The normalized spacial score (nSPS) is 11.6. The van der Waals surface area contributed by atoms with Gasteiger partial charge in [0.2, 0.25) is 0 Å². The van der Waals surface area contributed by atoms with Crippen molar-refractivity contribution in [2.75, 3.05) is 6.61 Å². The smallest absolute Gasteiger partial charge is 0.126 e. The van der Waals surface area contributed by atoms with Crippen molar-refractivity contribution in [3.63, 3.8) is 0 Å². The van der Waals surface area contributed by atoms with Gasteiger partial charge in [-0.25, -0.2) is 8.78 Å². The first kappa shape index (κ1) is 21.7. The molecule has 3 aromatic carbocycles. The lowest BCUT2D eigenvalue weighted by molar-refractivity contribution is 0.281. The van der Waals surface area contributed by atoms with E-state index < -0.39 is 11.6 Å². The third kappa shape index (κ3) is 6.01. The van der Waals surface area contributed by atoms with Crippen LogP contribution in [0.1, 0.15) is 40.7 Å². The number of aliphatic hydroxyl groups excluding tert-OH is 1. The van der Waals surface area contributed by atoms with Crippen molar-refractivity contribution in [1.82, 2.24) is 0 Å².